The summed E-state index contributed by atoms with van der Waals surface area (Å²) < 4.78 is 26.3. The summed E-state index contributed by atoms with van der Waals surface area (Å²) in [5.41, 5.74) is 3.36. The number of piperidine rings is 1. The third kappa shape index (κ3) is 4.15. The van der Waals surface area contributed by atoms with Crippen LogP contribution in [-0.4, -0.2) is 48.8 Å². The van der Waals surface area contributed by atoms with E-state index in [1.807, 2.05) is 29.9 Å². The molecule has 0 spiro atoms. The zero-order valence-corrected chi connectivity index (χ0v) is 13.0. The van der Waals surface area contributed by atoms with E-state index in [1.165, 1.54) is 10.6 Å². The molecule has 0 bridgehead atoms. The van der Waals surface area contributed by atoms with Crippen molar-refractivity contribution in [2.75, 3.05) is 19.3 Å². The Labute approximate surface area is 124 Å². The highest BCUT2D eigenvalue weighted by Gasteiger charge is 2.29. The first-order valence-electron chi connectivity index (χ1n) is 6.77. The molecule has 0 saturated carbocycles. The summed E-state index contributed by atoms with van der Waals surface area (Å²) in [5.74, 6) is -0.590. The Kier molecular flexibility index (Phi) is 4.79. The third-order valence-electron chi connectivity index (χ3n) is 3.58. The molecule has 0 radical (unpaired) electrons. The molecule has 2 rings (SSSR count). The summed E-state index contributed by atoms with van der Waals surface area (Å²) in [6, 6.07) is 3.76. The van der Waals surface area contributed by atoms with Gasteiger partial charge in [-0.1, -0.05) is 0 Å². The van der Waals surface area contributed by atoms with Crippen molar-refractivity contribution in [1.29, 1.82) is 0 Å². The molecule has 1 fully saturated rings. The minimum atomic E-state index is -3.24. The van der Waals surface area contributed by atoms with Crippen LogP contribution >= 0.6 is 0 Å². The van der Waals surface area contributed by atoms with Crippen LogP contribution in [0.1, 0.15) is 18.5 Å². The van der Waals surface area contributed by atoms with Crippen molar-refractivity contribution in [2.45, 2.75) is 12.8 Å². The highest BCUT2D eigenvalue weighted by Crippen LogP contribution is 2.18. The number of sulfonamides is 1. The Morgan fingerprint density at radius 1 is 1.52 bits per heavy atom. The number of carbonyl (C=O) groups is 1. The van der Waals surface area contributed by atoms with Crippen molar-refractivity contribution in [1.82, 2.24) is 14.3 Å². The van der Waals surface area contributed by atoms with E-state index < -0.39 is 10.0 Å². The zero-order chi connectivity index (χ0) is 15.5. The average molecular weight is 312 g/mol. The lowest BCUT2D eigenvalue weighted by molar-refractivity contribution is -0.126. The number of hydrogen-bond donors (Lipinski definition) is 1. The number of carbonyl (C=O) groups excluding carboxylic acids is 1. The molecule has 116 valence electrons. The molecular formula is C13H20N4O3S. The van der Waals surface area contributed by atoms with Crippen molar-refractivity contribution < 1.29 is 13.2 Å². The fourth-order valence-corrected chi connectivity index (χ4v) is 3.23. The van der Waals surface area contributed by atoms with E-state index in [9.17, 15) is 13.2 Å². The normalized spacial score (nSPS) is 20.8. The van der Waals surface area contributed by atoms with Crippen molar-refractivity contribution in [2.24, 2.45) is 18.1 Å². The van der Waals surface area contributed by atoms with Gasteiger partial charge in [0.2, 0.25) is 15.9 Å². The van der Waals surface area contributed by atoms with E-state index in [0.29, 0.717) is 19.4 Å². The minimum absolute atomic E-state index is 0.227. The predicted octanol–water partition coefficient (Wildman–Crippen LogP) is 0.147. The zero-order valence-electron chi connectivity index (χ0n) is 12.2. The summed E-state index contributed by atoms with van der Waals surface area (Å²) >= 11 is 0. The van der Waals surface area contributed by atoms with E-state index in [-0.39, 0.29) is 18.4 Å². The van der Waals surface area contributed by atoms with Gasteiger partial charge in [0.1, 0.15) is 0 Å². The van der Waals surface area contributed by atoms with E-state index in [0.717, 1.165) is 5.69 Å². The standard InChI is InChI=1S/C13H20N4O3S/c1-16-7-4-6-12(16)9-14-15-13(18)11-5-3-8-17(10-11)21(2,19)20/h4,6-7,9,11H,3,5,8,10H2,1-2H3,(H,15,18). The molecule has 1 atom stereocenters. The predicted molar refractivity (Wildman–Crippen MR) is 80.3 cm³/mol. The topological polar surface area (TPSA) is 83.8 Å². The van der Waals surface area contributed by atoms with Gasteiger partial charge in [0.05, 0.1) is 24.1 Å². The molecule has 21 heavy (non-hydrogen) atoms. The van der Waals surface area contributed by atoms with Gasteiger partial charge in [-0.25, -0.2) is 18.1 Å². The number of rotatable bonds is 4. The quantitative estimate of drug-likeness (QED) is 0.634. The van der Waals surface area contributed by atoms with Gasteiger partial charge in [0, 0.05) is 26.3 Å². The van der Waals surface area contributed by atoms with Crippen LogP contribution in [0.3, 0.4) is 0 Å². The van der Waals surface area contributed by atoms with Gasteiger partial charge in [0.15, 0.2) is 0 Å². The van der Waals surface area contributed by atoms with Crippen LogP contribution < -0.4 is 5.43 Å². The summed E-state index contributed by atoms with van der Waals surface area (Å²) in [5, 5.41) is 3.92. The maximum Gasteiger partial charge on any atom is 0.244 e. The lowest BCUT2D eigenvalue weighted by Gasteiger charge is -2.29. The number of nitrogens with one attached hydrogen (secondary N) is 1. The largest absolute Gasteiger partial charge is 0.350 e. The van der Waals surface area contributed by atoms with Gasteiger partial charge in [-0.2, -0.15) is 5.10 Å². The molecule has 1 N–H and O–H groups in total. The monoisotopic (exact) mass is 312 g/mol. The second kappa shape index (κ2) is 6.40. The van der Waals surface area contributed by atoms with Crippen molar-refractivity contribution >= 4 is 22.1 Å². The highest BCUT2D eigenvalue weighted by molar-refractivity contribution is 7.88. The first-order valence-corrected chi connectivity index (χ1v) is 8.62. The number of nitrogens with zero attached hydrogens (tertiary/aromatic N) is 3. The lowest BCUT2D eigenvalue weighted by Crippen LogP contribution is -2.44. The second-order valence-electron chi connectivity index (χ2n) is 5.24. The number of aryl methyl sites for hydroxylation is 1. The molecule has 1 saturated heterocycles. The summed E-state index contributed by atoms with van der Waals surface area (Å²) in [4.78, 5) is 12.0. The summed E-state index contributed by atoms with van der Waals surface area (Å²) in [7, 11) is -1.36. The van der Waals surface area contributed by atoms with E-state index in [4.69, 9.17) is 0 Å². The van der Waals surface area contributed by atoms with E-state index >= 15 is 0 Å². The van der Waals surface area contributed by atoms with Gasteiger partial charge in [-0.15, -0.1) is 0 Å². The van der Waals surface area contributed by atoms with Crippen LogP contribution in [0.2, 0.25) is 0 Å². The number of hydrogen-bond acceptors (Lipinski definition) is 4. The van der Waals surface area contributed by atoms with Crippen LogP contribution in [0.4, 0.5) is 0 Å². The molecule has 1 aliphatic rings. The molecule has 8 heteroatoms. The van der Waals surface area contributed by atoms with Crippen LogP contribution in [-0.2, 0) is 21.9 Å². The molecule has 1 aliphatic heterocycles. The first-order chi connectivity index (χ1) is 9.88. The minimum Gasteiger partial charge on any atom is -0.350 e. The maximum atomic E-state index is 12.0. The number of hydrazone groups is 1. The van der Waals surface area contributed by atoms with E-state index in [1.54, 1.807) is 6.21 Å². The van der Waals surface area contributed by atoms with Gasteiger partial charge in [-0.05, 0) is 25.0 Å². The summed E-state index contributed by atoms with van der Waals surface area (Å²) in [6.07, 6.45) is 5.98. The van der Waals surface area contributed by atoms with Crippen LogP contribution in [0.15, 0.2) is 23.4 Å². The molecule has 1 aromatic rings. The van der Waals surface area contributed by atoms with Crippen LogP contribution in [0.25, 0.3) is 0 Å². The Balaban J connectivity index is 1.91. The average Bonchev–Trinajstić information content (AvgIpc) is 2.83. The van der Waals surface area contributed by atoms with Crippen LogP contribution in [0, 0.1) is 5.92 Å². The molecule has 7 nitrogen and oxygen atoms in total. The smallest absolute Gasteiger partial charge is 0.244 e. The molecule has 1 unspecified atom stereocenters. The van der Waals surface area contributed by atoms with Crippen LogP contribution in [0.5, 0.6) is 0 Å². The fourth-order valence-electron chi connectivity index (χ4n) is 2.32. The fraction of sp³-hybridized carbons (Fsp3) is 0.538. The first kappa shape index (κ1) is 15.7. The Hall–Kier alpha value is -1.67. The molecule has 1 amide bonds. The van der Waals surface area contributed by atoms with E-state index in [2.05, 4.69) is 10.5 Å². The van der Waals surface area contributed by atoms with Gasteiger partial charge < -0.3 is 4.57 Å². The van der Waals surface area contributed by atoms with Gasteiger partial charge in [-0.3, -0.25) is 4.79 Å². The number of aromatic nitrogens is 1. The summed E-state index contributed by atoms with van der Waals surface area (Å²) in [6.45, 7) is 0.708. The molecular weight excluding hydrogens is 292 g/mol. The van der Waals surface area contributed by atoms with Gasteiger partial charge >= 0.3 is 0 Å². The second-order valence-corrected chi connectivity index (χ2v) is 7.22. The maximum absolute atomic E-state index is 12.0. The highest BCUT2D eigenvalue weighted by atomic mass is 32.2. The Morgan fingerprint density at radius 3 is 2.90 bits per heavy atom. The van der Waals surface area contributed by atoms with Crippen molar-refractivity contribution in [3.05, 3.63) is 24.0 Å². The Bertz CT molecular complexity index is 636. The molecule has 2 heterocycles. The molecule has 0 aromatic carbocycles. The third-order valence-corrected chi connectivity index (χ3v) is 4.85. The SMILES string of the molecule is Cn1cccc1C=NNC(=O)C1CCCN(S(C)(=O)=O)C1. The number of amides is 1. The Morgan fingerprint density at radius 2 is 2.29 bits per heavy atom. The molecule has 0 aliphatic carbocycles. The van der Waals surface area contributed by atoms with Crippen molar-refractivity contribution in [3.63, 3.8) is 0 Å². The molecule has 1 aromatic heterocycles. The van der Waals surface area contributed by atoms with Crippen molar-refractivity contribution in [3.8, 4) is 0 Å². The lowest BCUT2D eigenvalue weighted by atomic mass is 9.99. The van der Waals surface area contributed by atoms with Gasteiger partial charge in [0.25, 0.3) is 0 Å².